The first-order chi connectivity index (χ1) is 18.7. The first kappa shape index (κ1) is 27.0. The molecule has 1 aromatic heterocycles. The molecule has 0 aliphatic carbocycles. The van der Waals surface area contributed by atoms with Crippen LogP contribution in [0.1, 0.15) is 22.3 Å². The maximum absolute atomic E-state index is 14.6. The van der Waals surface area contributed by atoms with Crippen LogP contribution in [-0.4, -0.2) is 9.78 Å². The molecule has 0 saturated heterocycles. The second-order valence-corrected chi connectivity index (χ2v) is 9.49. The van der Waals surface area contributed by atoms with Crippen LogP contribution in [0.3, 0.4) is 0 Å². The topological polar surface area (TPSA) is 27.1 Å². The van der Waals surface area contributed by atoms with Crippen molar-refractivity contribution >= 4 is 34.1 Å². The molecule has 0 fully saturated rings. The van der Waals surface area contributed by atoms with E-state index in [9.17, 15) is 22.0 Å². The summed E-state index contributed by atoms with van der Waals surface area (Å²) >= 11 is 11.7. The predicted molar refractivity (Wildman–Crippen MR) is 141 cm³/mol. The van der Waals surface area contributed by atoms with E-state index < -0.39 is 23.4 Å². The summed E-state index contributed by atoms with van der Waals surface area (Å²) < 4.78 is 77.9. The van der Waals surface area contributed by atoms with Gasteiger partial charge in [-0.1, -0.05) is 60.1 Å². The average Bonchev–Trinajstić information content (AvgIpc) is 3.27. The third-order valence-corrected chi connectivity index (χ3v) is 6.74. The minimum atomic E-state index is -4.64. The van der Waals surface area contributed by atoms with E-state index in [0.29, 0.717) is 28.1 Å². The van der Waals surface area contributed by atoms with Crippen LogP contribution in [0.4, 0.5) is 22.0 Å². The van der Waals surface area contributed by atoms with Crippen LogP contribution in [0, 0.1) is 11.6 Å². The molecule has 4 aromatic carbocycles. The largest absolute Gasteiger partial charge is 0.489 e. The molecular formula is C29H19Cl2F5N2O. The fourth-order valence-electron chi connectivity index (χ4n) is 4.35. The van der Waals surface area contributed by atoms with E-state index in [1.165, 1.54) is 28.9 Å². The Morgan fingerprint density at radius 2 is 1.59 bits per heavy atom. The van der Waals surface area contributed by atoms with Crippen molar-refractivity contribution in [1.29, 1.82) is 0 Å². The van der Waals surface area contributed by atoms with Gasteiger partial charge in [-0.05, 0) is 30.3 Å². The molecule has 39 heavy (non-hydrogen) atoms. The molecule has 1 heterocycles. The van der Waals surface area contributed by atoms with Gasteiger partial charge < -0.3 is 4.74 Å². The number of halogens is 7. The van der Waals surface area contributed by atoms with Gasteiger partial charge in [0.25, 0.3) is 0 Å². The number of ether oxygens (including phenoxy) is 1. The van der Waals surface area contributed by atoms with Gasteiger partial charge in [0.1, 0.15) is 29.5 Å². The van der Waals surface area contributed by atoms with Gasteiger partial charge in [0, 0.05) is 32.7 Å². The molecule has 0 saturated carbocycles. The Kier molecular flexibility index (Phi) is 7.51. The molecule has 5 aromatic rings. The molecule has 5 rings (SSSR count). The molecule has 0 bridgehead atoms. The summed E-state index contributed by atoms with van der Waals surface area (Å²) in [6.45, 7) is -0.236. The van der Waals surface area contributed by atoms with Crippen molar-refractivity contribution in [3.05, 3.63) is 118 Å². The zero-order valence-corrected chi connectivity index (χ0v) is 21.6. The summed E-state index contributed by atoms with van der Waals surface area (Å²) in [5.74, 6) is -0.700. The third kappa shape index (κ3) is 5.58. The van der Waals surface area contributed by atoms with Crippen molar-refractivity contribution in [2.75, 3.05) is 0 Å². The number of rotatable bonds is 7. The Hall–Kier alpha value is -3.62. The van der Waals surface area contributed by atoms with Crippen molar-refractivity contribution < 1.29 is 26.7 Å². The molecule has 3 nitrogen and oxygen atoms in total. The second kappa shape index (κ2) is 10.9. The van der Waals surface area contributed by atoms with Gasteiger partial charge in [0.05, 0.1) is 23.7 Å². The van der Waals surface area contributed by atoms with E-state index in [4.69, 9.17) is 27.9 Å². The monoisotopic (exact) mass is 576 g/mol. The Balaban J connectivity index is 1.58. The lowest BCUT2D eigenvalue weighted by atomic mass is 10.0. The highest BCUT2D eigenvalue weighted by Gasteiger charge is 2.34. The Bertz CT molecular complexity index is 1670. The number of hydrogen-bond acceptors (Lipinski definition) is 2. The summed E-state index contributed by atoms with van der Waals surface area (Å²) in [6, 6.07) is 19.3. The highest BCUT2D eigenvalue weighted by Crippen LogP contribution is 2.39. The molecule has 0 aliphatic rings. The normalized spacial score (nSPS) is 11.8. The SMILES string of the molecule is Fc1cc(Cl)ccc1Cn1nc2c(C(F)(F)F)cccc2c1-c1cccc(OCc2cccc(CCl)c2F)c1. The highest BCUT2D eigenvalue weighted by molar-refractivity contribution is 6.30. The van der Waals surface area contributed by atoms with Crippen LogP contribution in [0.5, 0.6) is 5.75 Å². The minimum absolute atomic E-state index is 0.0142. The van der Waals surface area contributed by atoms with E-state index >= 15 is 0 Å². The minimum Gasteiger partial charge on any atom is -0.489 e. The van der Waals surface area contributed by atoms with Crippen LogP contribution < -0.4 is 4.74 Å². The van der Waals surface area contributed by atoms with E-state index in [2.05, 4.69) is 5.10 Å². The van der Waals surface area contributed by atoms with Crippen LogP contribution in [-0.2, 0) is 25.2 Å². The number of fused-ring (bicyclic) bond motifs is 1. The Labute approximate surface area is 230 Å². The average molecular weight is 577 g/mol. The predicted octanol–water partition coefficient (Wildman–Crippen LogP) is 9.02. The molecule has 0 spiro atoms. The Morgan fingerprint density at radius 1 is 0.846 bits per heavy atom. The lowest BCUT2D eigenvalue weighted by Gasteiger charge is -2.12. The maximum atomic E-state index is 14.6. The van der Waals surface area contributed by atoms with E-state index in [0.717, 1.165) is 12.1 Å². The summed E-state index contributed by atoms with van der Waals surface area (Å²) in [5.41, 5.74) is 0.507. The summed E-state index contributed by atoms with van der Waals surface area (Å²) in [6.07, 6.45) is -4.64. The van der Waals surface area contributed by atoms with Gasteiger partial charge in [0.2, 0.25) is 0 Å². The summed E-state index contributed by atoms with van der Waals surface area (Å²) in [5, 5.41) is 4.69. The van der Waals surface area contributed by atoms with Crippen LogP contribution >= 0.6 is 23.2 Å². The van der Waals surface area contributed by atoms with Crippen molar-refractivity contribution in [2.24, 2.45) is 0 Å². The highest BCUT2D eigenvalue weighted by atomic mass is 35.5. The second-order valence-electron chi connectivity index (χ2n) is 8.78. The summed E-state index contributed by atoms with van der Waals surface area (Å²) in [4.78, 5) is 0. The van der Waals surface area contributed by atoms with Gasteiger partial charge >= 0.3 is 6.18 Å². The molecule has 200 valence electrons. The molecular weight excluding hydrogens is 558 g/mol. The van der Waals surface area contributed by atoms with Crippen molar-refractivity contribution in [2.45, 2.75) is 25.2 Å². The van der Waals surface area contributed by atoms with Gasteiger partial charge in [0.15, 0.2) is 0 Å². The van der Waals surface area contributed by atoms with Crippen molar-refractivity contribution in [1.82, 2.24) is 9.78 Å². The fraction of sp³-hybridized carbons (Fsp3) is 0.138. The summed E-state index contributed by atoms with van der Waals surface area (Å²) in [7, 11) is 0. The van der Waals surface area contributed by atoms with Gasteiger partial charge in [-0.2, -0.15) is 18.3 Å². The van der Waals surface area contributed by atoms with Crippen molar-refractivity contribution in [3.8, 4) is 17.0 Å². The van der Waals surface area contributed by atoms with E-state index in [-0.39, 0.29) is 40.5 Å². The number of nitrogens with zero attached hydrogens (tertiary/aromatic N) is 2. The lowest BCUT2D eigenvalue weighted by Crippen LogP contribution is -2.07. The zero-order valence-electron chi connectivity index (χ0n) is 20.1. The molecule has 0 amide bonds. The van der Waals surface area contributed by atoms with E-state index in [1.54, 1.807) is 42.5 Å². The smallest absolute Gasteiger partial charge is 0.418 e. The van der Waals surface area contributed by atoms with Gasteiger partial charge in [-0.25, -0.2) is 8.78 Å². The number of hydrogen-bond donors (Lipinski definition) is 0. The molecule has 0 radical (unpaired) electrons. The lowest BCUT2D eigenvalue weighted by molar-refractivity contribution is -0.136. The maximum Gasteiger partial charge on any atom is 0.418 e. The van der Waals surface area contributed by atoms with E-state index in [1.807, 2.05) is 0 Å². The number of alkyl halides is 4. The van der Waals surface area contributed by atoms with Crippen LogP contribution in [0.15, 0.2) is 78.9 Å². The van der Waals surface area contributed by atoms with Gasteiger partial charge in [-0.15, -0.1) is 11.6 Å². The fourth-order valence-corrected chi connectivity index (χ4v) is 4.72. The quantitative estimate of drug-likeness (QED) is 0.143. The first-order valence-corrected chi connectivity index (χ1v) is 12.6. The molecule has 0 atom stereocenters. The van der Waals surface area contributed by atoms with Crippen LogP contribution in [0.25, 0.3) is 22.2 Å². The standard InChI is InChI=1S/C29H19Cl2F5N2O/c30-14-18-5-1-6-20(26(18)33)16-39-22-7-2-4-17(12-22)28-23-8-3-9-24(29(34,35)36)27(23)37-38(28)15-19-10-11-21(31)13-25(19)32/h1-13H,14-16H2. The van der Waals surface area contributed by atoms with Crippen LogP contribution in [0.2, 0.25) is 5.02 Å². The van der Waals surface area contributed by atoms with Crippen molar-refractivity contribution in [3.63, 3.8) is 0 Å². The van der Waals surface area contributed by atoms with Gasteiger partial charge in [-0.3, -0.25) is 4.68 Å². The number of aromatic nitrogens is 2. The first-order valence-electron chi connectivity index (χ1n) is 11.7. The third-order valence-electron chi connectivity index (χ3n) is 6.22. The molecule has 10 heteroatoms. The molecule has 0 unspecified atom stereocenters. The zero-order chi connectivity index (χ0) is 27.7. The molecule has 0 N–H and O–H groups in total. The Morgan fingerprint density at radius 3 is 2.33 bits per heavy atom. The number of benzene rings is 4. The molecule has 0 aliphatic heterocycles.